The Labute approximate surface area is 113 Å². The fraction of sp³-hybridized carbons (Fsp3) is 0.333. The summed E-state index contributed by atoms with van der Waals surface area (Å²) >= 11 is 0. The van der Waals surface area contributed by atoms with E-state index in [4.69, 9.17) is 9.78 Å². The zero-order valence-electron chi connectivity index (χ0n) is 11.2. The lowest BCUT2D eigenvalue weighted by molar-refractivity contribution is 0.392. The summed E-state index contributed by atoms with van der Waals surface area (Å²) in [5, 5.41) is 16.0. The first-order valence-corrected chi connectivity index (χ1v) is 6.36. The average Bonchev–Trinajstić information content (AvgIpc) is 2.75. The van der Waals surface area contributed by atoms with Crippen LogP contribution < -0.4 is 5.32 Å². The monoisotopic (exact) mass is 255 g/mol. The molecule has 0 amide bonds. The van der Waals surface area contributed by atoms with E-state index in [2.05, 4.69) is 16.5 Å². The van der Waals surface area contributed by atoms with Crippen LogP contribution in [0.1, 0.15) is 29.0 Å². The van der Waals surface area contributed by atoms with Gasteiger partial charge in [-0.2, -0.15) is 5.26 Å². The molecule has 0 saturated heterocycles. The van der Waals surface area contributed by atoms with Gasteiger partial charge in [0.1, 0.15) is 5.76 Å². The molecule has 0 radical (unpaired) electrons. The summed E-state index contributed by atoms with van der Waals surface area (Å²) in [5.74, 6) is 0.913. The largest absolute Gasteiger partial charge is 0.385 e. The highest BCUT2D eigenvalue weighted by molar-refractivity contribution is 5.47. The molecule has 0 unspecified atom stereocenters. The first kappa shape index (κ1) is 13.2. The van der Waals surface area contributed by atoms with Crippen LogP contribution in [0.4, 0.5) is 5.69 Å². The molecule has 0 aliphatic heterocycles. The van der Waals surface area contributed by atoms with Gasteiger partial charge in [-0.1, -0.05) is 5.16 Å². The molecule has 2 rings (SSSR count). The van der Waals surface area contributed by atoms with Gasteiger partial charge in [-0.25, -0.2) is 0 Å². The normalized spacial score (nSPS) is 10.2. The molecule has 4 heteroatoms. The van der Waals surface area contributed by atoms with Crippen molar-refractivity contribution in [1.29, 1.82) is 5.26 Å². The number of benzene rings is 1. The standard InChI is InChI=1S/C15H17N3O/c1-11-15(12(2)19-18-11)4-3-9-17-14-7-5-13(10-16)6-8-14/h5-8,17H,3-4,9H2,1-2H3. The lowest BCUT2D eigenvalue weighted by atomic mass is 10.1. The first-order chi connectivity index (χ1) is 9.20. The molecule has 0 aliphatic carbocycles. The van der Waals surface area contributed by atoms with Crippen LogP contribution >= 0.6 is 0 Å². The number of nitriles is 1. The quantitative estimate of drug-likeness (QED) is 0.833. The van der Waals surface area contributed by atoms with Crippen molar-refractivity contribution in [1.82, 2.24) is 5.16 Å². The van der Waals surface area contributed by atoms with Gasteiger partial charge in [0.05, 0.1) is 17.3 Å². The summed E-state index contributed by atoms with van der Waals surface area (Å²) in [5.41, 5.74) is 3.91. The number of anilines is 1. The molecule has 0 fully saturated rings. The minimum Gasteiger partial charge on any atom is -0.385 e. The van der Waals surface area contributed by atoms with Crippen molar-refractivity contribution < 1.29 is 4.52 Å². The van der Waals surface area contributed by atoms with E-state index >= 15 is 0 Å². The van der Waals surface area contributed by atoms with Gasteiger partial charge in [-0.05, 0) is 51.0 Å². The van der Waals surface area contributed by atoms with Gasteiger partial charge in [0.15, 0.2) is 0 Å². The maximum absolute atomic E-state index is 8.72. The maximum Gasteiger partial charge on any atom is 0.137 e. The van der Waals surface area contributed by atoms with E-state index < -0.39 is 0 Å². The number of hydrogen-bond acceptors (Lipinski definition) is 4. The van der Waals surface area contributed by atoms with Crippen molar-refractivity contribution in [3.63, 3.8) is 0 Å². The topological polar surface area (TPSA) is 61.9 Å². The van der Waals surface area contributed by atoms with Gasteiger partial charge in [0, 0.05) is 17.8 Å². The minimum absolute atomic E-state index is 0.682. The SMILES string of the molecule is Cc1noc(C)c1CCCNc1ccc(C#N)cc1. The van der Waals surface area contributed by atoms with E-state index in [1.165, 1.54) is 5.56 Å². The molecule has 98 valence electrons. The molecule has 0 atom stereocenters. The smallest absolute Gasteiger partial charge is 0.137 e. The molecule has 0 saturated carbocycles. The second-order valence-corrected chi connectivity index (χ2v) is 4.52. The molecule has 1 aromatic carbocycles. The van der Waals surface area contributed by atoms with E-state index in [0.717, 1.165) is 36.5 Å². The van der Waals surface area contributed by atoms with Gasteiger partial charge >= 0.3 is 0 Å². The molecule has 4 nitrogen and oxygen atoms in total. The number of aryl methyl sites for hydroxylation is 2. The van der Waals surface area contributed by atoms with Crippen molar-refractivity contribution in [3.05, 3.63) is 46.8 Å². The van der Waals surface area contributed by atoms with Crippen LogP contribution in [-0.2, 0) is 6.42 Å². The number of nitrogens with one attached hydrogen (secondary N) is 1. The Morgan fingerprint density at radius 3 is 2.58 bits per heavy atom. The van der Waals surface area contributed by atoms with Crippen LogP contribution in [0, 0.1) is 25.2 Å². The predicted octanol–water partition coefficient (Wildman–Crippen LogP) is 3.21. The summed E-state index contributed by atoms with van der Waals surface area (Å²) in [4.78, 5) is 0. The number of nitrogens with zero attached hydrogens (tertiary/aromatic N) is 2. The Hall–Kier alpha value is -2.28. The van der Waals surface area contributed by atoms with E-state index in [1.54, 1.807) is 0 Å². The Morgan fingerprint density at radius 1 is 1.26 bits per heavy atom. The van der Waals surface area contributed by atoms with Crippen LogP contribution in [0.3, 0.4) is 0 Å². The fourth-order valence-electron chi connectivity index (χ4n) is 2.02. The number of aromatic nitrogens is 1. The van der Waals surface area contributed by atoms with E-state index in [1.807, 2.05) is 38.1 Å². The number of rotatable bonds is 5. The zero-order chi connectivity index (χ0) is 13.7. The minimum atomic E-state index is 0.682. The van der Waals surface area contributed by atoms with Crippen LogP contribution in [0.15, 0.2) is 28.8 Å². The maximum atomic E-state index is 8.72. The van der Waals surface area contributed by atoms with Gasteiger partial charge in [0.2, 0.25) is 0 Å². The molecule has 1 N–H and O–H groups in total. The highest BCUT2D eigenvalue weighted by Gasteiger charge is 2.07. The molecule has 0 bridgehead atoms. The average molecular weight is 255 g/mol. The van der Waals surface area contributed by atoms with Crippen LogP contribution in [0.2, 0.25) is 0 Å². The van der Waals surface area contributed by atoms with Crippen LogP contribution in [-0.4, -0.2) is 11.7 Å². The van der Waals surface area contributed by atoms with Gasteiger partial charge in [-0.3, -0.25) is 0 Å². The summed E-state index contributed by atoms with van der Waals surface area (Å²) < 4.78 is 5.14. The van der Waals surface area contributed by atoms with E-state index in [-0.39, 0.29) is 0 Å². The molecule has 2 aromatic rings. The third-order valence-corrected chi connectivity index (χ3v) is 3.13. The van der Waals surface area contributed by atoms with E-state index in [0.29, 0.717) is 5.56 Å². The summed E-state index contributed by atoms with van der Waals surface area (Å²) in [6.07, 6.45) is 1.98. The fourth-order valence-corrected chi connectivity index (χ4v) is 2.02. The van der Waals surface area contributed by atoms with Gasteiger partial charge < -0.3 is 9.84 Å². The van der Waals surface area contributed by atoms with Gasteiger partial charge in [0.25, 0.3) is 0 Å². The van der Waals surface area contributed by atoms with Crippen molar-refractivity contribution in [3.8, 4) is 6.07 Å². The first-order valence-electron chi connectivity index (χ1n) is 6.36. The summed E-state index contributed by atoms with van der Waals surface area (Å²) in [7, 11) is 0. The van der Waals surface area contributed by atoms with Crippen LogP contribution in [0.5, 0.6) is 0 Å². The predicted molar refractivity (Wildman–Crippen MR) is 73.9 cm³/mol. The Kier molecular flexibility index (Phi) is 4.19. The van der Waals surface area contributed by atoms with Crippen molar-refractivity contribution in [2.24, 2.45) is 0 Å². The Morgan fingerprint density at radius 2 is 2.00 bits per heavy atom. The second kappa shape index (κ2) is 6.05. The van der Waals surface area contributed by atoms with Crippen molar-refractivity contribution in [2.45, 2.75) is 26.7 Å². The van der Waals surface area contributed by atoms with Crippen molar-refractivity contribution >= 4 is 5.69 Å². The second-order valence-electron chi connectivity index (χ2n) is 4.52. The molecule has 0 aliphatic rings. The third kappa shape index (κ3) is 3.35. The number of hydrogen-bond donors (Lipinski definition) is 1. The Bertz CT molecular complexity index is 559. The third-order valence-electron chi connectivity index (χ3n) is 3.13. The molecule has 19 heavy (non-hydrogen) atoms. The van der Waals surface area contributed by atoms with Crippen LogP contribution in [0.25, 0.3) is 0 Å². The zero-order valence-corrected chi connectivity index (χ0v) is 11.2. The highest BCUT2D eigenvalue weighted by atomic mass is 16.5. The molecule has 0 spiro atoms. The van der Waals surface area contributed by atoms with Crippen molar-refractivity contribution in [2.75, 3.05) is 11.9 Å². The summed E-state index contributed by atoms with van der Waals surface area (Å²) in [6, 6.07) is 9.59. The highest BCUT2D eigenvalue weighted by Crippen LogP contribution is 2.14. The van der Waals surface area contributed by atoms with Gasteiger partial charge in [-0.15, -0.1) is 0 Å². The summed E-state index contributed by atoms with van der Waals surface area (Å²) in [6.45, 7) is 4.80. The molecular weight excluding hydrogens is 238 g/mol. The van der Waals surface area contributed by atoms with E-state index in [9.17, 15) is 0 Å². The lowest BCUT2D eigenvalue weighted by Gasteiger charge is -2.06. The lowest BCUT2D eigenvalue weighted by Crippen LogP contribution is -2.03. The Balaban J connectivity index is 1.79. The molecule has 1 heterocycles. The molecule has 1 aromatic heterocycles. The molecular formula is C15H17N3O.